The van der Waals surface area contributed by atoms with Gasteiger partial charge >= 0.3 is 17.8 Å². The number of rotatable bonds is 5. The number of nitrogens with zero attached hydrogens (tertiary/aromatic N) is 2. The molecule has 1 atom stereocenters. The molecule has 1 aliphatic heterocycles. The summed E-state index contributed by atoms with van der Waals surface area (Å²) in [5, 5.41) is 3.85. The highest BCUT2D eigenvalue weighted by atomic mass is 16.3. The van der Waals surface area contributed by atoms with Crippen LogP contribution in [0.5, 0.6) is 0 Å². The van der Waals surface area contributed by atoms with Crippen LogP contribution in [-0.4, -0.2) is 40.6 Å². The zero-order chi connectivity index (χ0) is 21.4. The van der Waals surface area contributed by atoms with Gasteiger partial charge in [-0.05, 0) is 36.8 Å². The summed E-state index contributed by atoms with van der Waals surface area (Å²) < 4.78 is 5.78. The first-order chi connectivity index (χ1) is 14.3. The van der Waals surface area contributed by atoms with Gasteiger partial charge in [0.05, 0.1) is 12.6 Å². The van der Waals surface area contributed by atoms with E-state index in [1.807, 2.05) is 37.3 Å². The molecule has 0 radical (unpaired) electrons. The van der Waals surface area contributed by atoms with Crippen LogP contribution in [0.2, 0.25) is 0 Å². The minimum Gasteiger partial charge on any atom is -0.459 e. The average molecular weight is 405 g/mol. The third-order valence-corrected chi connectivity index (χ3v) is 5.03. The second-order valence-electron chi connectivity index (χ2n) is 7.12. The Morgan fingerprint density at radius 1 is 1.03 bits per heavy atom. The minimum atomic E-state index is -0.857. The number of imide groups is 2. The van der Waals surface area contributed by atoms with Crippen LogP contribution >= 0.6 is 0 Å². The molecule has 0 aliphatic carbocycles. The molecule has 1 aromatic heterocycles. The maximum atomic E-state index is 12.6. The van der Waals surface area contributed by atoms with Crippen molar-refractivity contribution < 1.29 is 23.6 Å². The van der Waals surface area contributed by atoms with Crippen LogP contribution in [0.1, 0.15) is 34.6 Å². The third-order valence-electron chi connectivity index (χ3n) is 5.03. The minimum absolute atomic E-state index is 0.0367. The summed E-state index contributed by atoms with van der Waals surface area (Å²) in [5.41, 5.74) is 1.81. The van der Waals surface area contributed by atoms with Crippen molar-refractivity contribution in [3.8, 4) is 0 Å². The van der Waals surface area contributed by atoms with E-state index in [1.54, 1.807) is 24.3 Å². The van der Waals surface area contributed by atoms with E-state index in [0.717, 1.165) is 20.8 Å². The molecule has 1 saturated heterocycles. The molecule has 8 heteroatoms. The van der Waals surface area contributed by atoms with E-state index in [2.05, 4.69) is 5.32 Å². The maximum Gasteiger partial charge on any atom is 0.334 e. The number of nitrogens with one attached hydrogen (secondary N) is 1. The second-order valence-corrected chi connectivity index (χ2v) is 7.12. The summed E-state index contributed by atoms with van der Waals surface area (Å²) in [4.78, 5) is 49.6. The van der Waals surface area contributed by atoms with Gasteiger partial charge in [-0.1, -0.05) is 30.3 Å². The number of benzene rings is 2. The average Bonchev–Trinajstić information content (AvgIpc) is 3.26. The number of hydrogen-bond donors (Lipinski definition) is 1. The van der Waals surface area contributed by atoms with Gasteiger partial charge in [-0.15, -0.1) is 0 Å². The van der Waals surface area contributed by atoms with Crippen molar-refractivity contribution in [1.82, 2.24) is 15.1 Å². The van der Waals surface area contributed by atoms with Crippen LogP contribution in [0, 0.1) is 0 Å². The molecule has 1 aliphatic rings. The fourth-order valence-electron chi connectivity index (χ4n) is 3.26. The van der Waals surface area contributed by atoms with Crippen molar-refractivity contribution >= 4 is 34.7 Å². The number of hydrogen-bond acceptors (Lipinski definition) is 5. The van der Waals surface area contributed by atoms with Crippen LogP contribution in [0.15, 0.2) is 59.0 Å². The molecule has 8 nitrogen and oxygen atoms in total. The SMILES string of the molecule is C[C@@H](NC(=O)c1ccc(CN2C(=O)C(=O)N(C)C2=O)cc1)c1cc2ccccc2o1. The topological polar surface area (TPSA) is 99.9 Å². The molecule has 30 heavy (non-hydrogen) atoms. The van der Waals surface area contributed by atoms with Gasteiger partial charge in [0.1, 0.15) is 11.3 Å². The molecule has 0 saturated carbocycles. The zero-order valence-electron chi connectivity index (χ0n) is 16.4. The van der Waals surface area contributed by atoms with E-state index in [-0.39, 0.29) is 18.5 Å². The Morgan fingerprint density at radius 3 is 2.37 bits per heavy atom. The Labute approximate surface area is 172 Å². The number of likely N-dealkylation sites (N-methyl/N-ethyl adjacent to an activating group) is 1. The maximum absolute atomic E-state index is 12.6. The first kappa shape index (κ1) is 19.4. The Balaban J connectivity index is 1.42. The van der Waals surface area contributed by atoms with Crippen molar-refractivity contribution in [2.45, 2.75) is 19.5 Å². The van der Waals surface area contributed by atoms with E-state index >= 15 is 0 Å². The van der Waals surface area contributed by atoms with Gasteiger partial charge < -0.3 is 9.73 Å². The zero-order valence-corrected chi connectivity index (χ0v) is 16.4. The van der Waals surface area contributed by atoms with Gasteiger partial charge in [-0.2, -0.15) is 0 Å². The molecule has 0 unspecified atom stereocenters. The monoisotopic (exact) mass is 405 g/mol. The van der Waals surface area contributed by atoms with Crippen molar-refractivity contribution in [1.29, 1.82) is 0 Å². The van der Waals surface area contributed by atoms with E-state index in [0.29, 0.717) is 16.9 Å². The van der Waals surface area contributed by atoms with Crippen molar-refractivity contribution in [2.24, 2.45) is 0 Å². The van der Waals surface area contributed by atoms with Crippen LogP contribution in [-0.2, 0) is 16.1 Å². The molecule has 5 amide bonds. The fourth-order valence-corrected chi connectivity index (χ4v) is 3.26. The van der Waals surface area contributed by atoms with Crippen molar-refractivity contribution in [2.75, 3.05) is 7.05 Å². The Kier molecular flexibility index (Phi) is 4.83. The van der Waals surface area contributed by atoms with Crippen LogP contribution in [0.3, 0.4) is 0 Å². The lowest BCUT2D eigenvalue weighted by Gasteiger charge is -2.14. The molecular weight excluding hydrogens is 386 g/mol. The second kappa shape index (κ2) is 7.47. The smallest absolute Gasteiger partial charge is 0.334 e. The third kappa shape index (κ3) is 3.43. The number of amides is 5. The fraction of sp³-hybridized carbons (Fsp3) is 0.182. The Bertz CT molecular complexity index is 1130. The molecule has 1 fully saturated rings. The molecule has 2 heterocycles. The van der Waals surface area contributed by atoms with E-state index < -0.39 is 17.8 Å². The molecule has 2 aromatic carbocycles. The lowest BCUT2D eigenvalue weighted by molar-refractivity contribution is -0.143. The number of urea groups is 1. The predicted octanol–water partition coefficient (Wildman–Crippen LogP) is 2.84. The highest BCUT2D eigenvalue weighted by Gasteiger charge is 2.41. The molecule has 4 rings (SSSR count). The van der Waals surface area contributed by atoms with Gasteiger partial charge in [-0.3, -0.25) is 24.2 Å². The first-order valence-electron chi connectivity index (χ1n) is 9.37. The van der Waals surface area contributed by atoms with E-state index in [9.17, 15) is 19.2 Å². The number of fused-ring (bicyclic) bond motifs is 1. The number of carbonyl (C=O) groups excluding carboxylic acids is 4. The van der Waals surface area contributed by atoms with Gasteiger partial charge in [0.15, 0.2) is 0 Å². The van der Waals surface area contributed by atoms with Gasteiger partial charge in [0, 0.05) is 18.0 Å². The van der Waals surface area contributed by atoms with Crippen LogP contribution < -0.4 is 5.32 Å². The lowest BCUT2D eigenvalue weighted by atomic mass is 10.1. The summed E-state index contributed by atoms with van der Waals surface area (Å²) in [6.07, 6.45) is 0. The molecule has 0 spiro atoms. The number of furan rings is 1. The molecule has 3 aromatic rings. The Hall–Kier alpha value is -3.94. The van der Waals surface area contributed by atoms with Crippen LogP contribution in [0.4, 0.5) is 4.79 Å². The normalized spacial score (nSPS) is 15.2. The number of carbonyl (C=O) groups is 4. The highest BCUT2D eigenvalue weighted by molar-refractivity contribution is 6.44. The molecule has 0 bridgehead atoms. The van der Waals surface area contributed by atoms with Crippen molar-refractivity contribution in [3.05, 3.63) is 71.5 Å². The van der Waals surface area contributed by atoms with E-state index in [4.69, 9.17) is 4.42 Å². The van der Waals surface area contributed by atoms with Crippen LogP contribution in [0.25, 0.3) is 11.0 Å². The summed E-state index contributed by atoms with van der Waals surface area (Å²) >= 11 is 0. The standard InChI is InChI=1S/C22H19N3O5/c1-13(18-11-16-5-3-4-6-17(16)30-18)23-19(26)15-9-7-14(8-10-15)12-25-21(28)20(27)24(2)22(25)29/h3-11,13H,12H2,1-2H3,(H,23,26)/t13-/m1/s1. The summed E-state index contributed by atoms with van der Waals surface area (Å²) in [6.45, 7) is 1.80. The Morgan fingerprint density at radius 2 is 1.73 bits per heavy atom. The molecule has 1 N–H and O–H groups in total. The summed E-state index contributed by atoms with van der Waals surface area (Å²) in [7, 11) is 1.26. The highest BCUT2D eigenvalue weighted by Crippen LogP contribution is 2.24. The predicted molar refractivity (Wildman–Crippen MR) is 107 cm³/mol. The number of para-hydroxylation sites is 1. The summed E-state index contributed by atoms with van der Waals surface area (Å²) in [5.74, 6) is -1.33. The molecule has 152 valence electrons. The largest absolute Gasteiger partial charge is 0.459 e. The van der Waals surface area contributed by atoms with E-state index in [1.165, 1.54) is 7.05 Å². The summed E-state index contributed by atoms with van der Waals surface area (Å²) in [6, 6.07) is 15.0. The van der Waals surface area contributed by atoms with Gasteiger partial charge in [0.25, 0.3) is 5.91 Å². The van der Waals surface area contributed by atoms with Gasteiger partial charge in [-0.25, -0.2) is 4.79 Å². The lowest BCUT2D eigenvalue weighted by Crippen LogP contribution is -2.31. The quantitative estimate of drug-likeness (QED) is 0.520. The van der Waals surface area contributed by atoms with Gasteiger partial charge in [0.2, 0.25) is 0 Å². The van der Waals surface area contributed by atoms with Crippen molar-refractivity contribution in [3.63, 3.8) is 0 Å². The molecular formula is C22H19N3O5. The first-order valence-corrected chi connectivity index (χ1v) is 9.37.